The van der Waals surface area contributed by atoms with E-state index in [0.29, 0.717) is 12.1 Å². The molecule has 4 nitrogen and oxygen atoms in total. The standard InChI is InChI=1S/C12H17IN2O2/c1-8(2)15(7-9(3)16)12(17)10-4-11(13)6-14-5-10/h4-6,8-9,16H,7H2,1-3H3. The van der Waals surface area contributed by atoms with E-state index in [9.17, 15) is 9.90 Å². The first-order valence-corrected chi connectivity index (χ1v) is 6.59. The lowest BCUT2D eigenvalue weighted by Gasteiger charge is -2.28. The van der Waals surface area contributed by atoms with Crippen molar-refractivity contribution >= 4 is 28.5 Å². The minimum Gasteiger partial charge on any atom is -0.392 e. The molecule has 1 unspecified atom stereocenters. The number of rotatable bonds is 4. The van der Waals surface area contributed by atoms with Gasteiger partial charge in [-0.15, -0.1) is 0 Å². The third-order valence-electron chi connectivity index (χ3n) is 2.30. The lowest BCUT2D eigenvalue weighted by molar-refractivity contribution is 0.0578. The molecule has 17 heavy (non-hydrogen) atoms. The Balaban J connectivity index is 2.92. The molecule has 1 heterocycles. The van der Waals surface area contributed by atoms with E-state index >= 15 is 0 Å². The summed E-state index contributed by atoms with van der Waals surface area (Å²) in [6, 6.07) is 1.85. The number of nitrogens with zero attached hydrogens (tertiary/aromatic N) is 2. The molecule has 1 amide bonds. The second-order valence-electron chi connectivity index (χ2n) is 4.29. The monoisotopic (exact) mass is 348 g/mol. The van der Waals surface area contributed by atoms with Crippen molar-refractivity contribution in [2.24, 2.45) is 0 Å². The van der Waals surface area contributed by atoms with Crippen LogP contribution in [0.3, 0.4) is 0 Å². The highest BCUT2D eigenvalue weighted by molar-refractivity contribution is 14.1. The van der Waals surface area contributed by atoms with Gasteiger partial charge < -0.3 is 10.0 Å². The predicted molar refractivity (Wildman–Crippen MR) is 74.8 cm³/mol. The van der Waals surface area contributed by atoms with E-state index in [-0.39, 0.29) is 11.9 Å². The van der Waals surface area contributed by atoms with Crippen LogP contribution in [-0.4, -0.2) is 39.6 Å². The van der Waals surface area contributed by atoms with Crippen LogP contribution in [0.4, 0.5) is 0 Å². The lowest BCUT2D eigenvalue weighted by atomic mass is 10.2. The maximum Gasteiger partial charge on any atom is 0.255 e. The Hall–Kier alpha value is -0.690. The molecule has 0 saturated heterocycles. The number of hydrogen-bond acceptors (Lipinski definition) is 3. The van der Waals surface area contributed by atoms with Crippen molar-refractivity contribution < 1.29 is 9.90 Å². The smallest absolute Gasteiger partial charge is 0.255 e. The number of pyridine rings is 1. The Bertz CT molecular complexity index is 394. The SMILES string of the molecule is CC(O)CN(C(=O)c1cncc(I)c1)C(C)C. The molecule has 1 rings (SSSR count). The van der Waals surface area contributed by atoms with Gasteiger partial charge in [0.1, 0.15) is 0 Å². The summed E-state index contributed by atoms with van der Waals surface area (Å²) in [7, 11) is 0. The molecule has 0 saturated carbocycles. The van der Waals surface area contributed by atoms with Gasteiger partial charge in [0, 0.05) is 28.6 Å². The average molecular weight is 348 g/mol. The molecule has 1 N–H and O–H groups in total. The predicted octanol–water partition coefficient (Wildman–Crippen LogP) is 1.92. The Labute approximate surface area is 115 Å². The van der Waals surface area contributed by atoms with Gasteiger partial charge in [0.2, 0.25) is 0 Å². The van der Waals surface area contributed by atoms with Crippen LogP contribution in [0.2, 0.25) is 0 Å². The summed E-state index contributed by atoms with van der Waals surface area (Å²) in [5, 5.41) is 9.41. The van der Waals surface area contributed by atoms with Crippen molar-refractivity contribution in [3.8, 4) is 0 Å². The molecule has 0 aliphatic heterocycles. The van der Waals surface area contributed by atoms with Crippen LogP contribution in [0, 0.1) is 3.57 Å². The third-order valence-corrected chi connectivity index (χ3v) is 2.89. The normalized spacial score (nSPS) is 12.6. The van der Waals surface area contributed by atoms with Crippen LogP contribution in [0.5, 0.6) is 0 Å². The van der Waals surface area contributed by atoms with Crippen molar-refractivity contribution in [1.29, 1.82) is 0 Å². The first-order chi connectivity index (χ1) is 7.91. The van der Waals surface area contributed by atoms with Gasteiger partial charge in [0.05, 0.1) is 11.7 Å². The minimum absolute atomic E-state index is 0.0509. The summed E-state index contributed by atoms with van der Waals surface area (Å²) in [4.78, 5) is 17.9. The van der Waals surface area contributed by atoms with Gasteiger partial charge in [-0.1, -0.05) is 0 Å². The Morgan fingerprint density at radius 3 is 2.59 bits per heavy atom. The number of amides is 1. The van der Waals surface area contributed by atoms with E-state index in [2.05, 4.69) is 27.6 Å². The molecular formula is C12H17IN2O2. The van der Waals surface area contributed by atoms with Gasteiger partial charge in [0.25, 0.3) is 5.91 Å². The van der Waals surface area contributed by atoms with E-state index in [0.717, 1.165) is 3.57 Å². The number of aliphatic hydroxyl groups is 1. The number of hydrogen-bond donors (Lipinski definition) is 1. The molecule has 0 bridgehead atoms. The highest BCUT2D eigenvalue weighted by Crippen LogP contribution is 2.11. The Morgan fingerprint density at radius 2 is 2.12 bits per heavy atom. The van der Waals surface area contributed by atoms with Crippen molar-refractivity contribution in [3.05, 3.63) is 27.6 Å². The zero-order valence-corrected chi connectivity index (χ0v) is 12.4. The van der Waals surface area contributed by atoms with Crippen LogP contribution in [0.1, 0.15) is 31.1 Å². The van der Waals surface area contributed by atoms with E-state index in [1.54, 1.807) is 30.3 Å². The minimum atomic E-state index is -0.530. The van der Waals surface area contributed by atoms with Gasteiger partial charge in [-0.05, 0) is 49.4 Å². The molecule has 1 aromatic heterocycles. The number of aromatic nitrogens is 1. The Kier molecular flexibility index (Phi) is 5.32. The zero-order valence-electron chi connectivity index (χ0n) is 10.2. The fraction of sp³-hybridized carbons (Fsp3) is 0.500. The summed E-state index contributed by atoms with van der Waals surface area (Å²) in [5.41, 5.74) is 0.561. The molecule has 1 atom stereocenters. The van der Waals surface area contributed by atoms with Gasteiger partial charge in [0.15, 0.2) is 0 Å². The number of carbonyl (C=O) groups is 1. The molecular weight excluding hydrogens is 331 g/mol. The fourth-order valence-electron chi connectivity index (χ4n) is 1.51. The van der Waals surface area contributed by atoms with Crippen LogP contribution in [0.15, 0.2) is 18.5 Å². The topological polar surface area (TPSA) is 53.4 Å². The van der Waals surface area contributed by atoms with Crippen LogP contribution < -0.4 is 0 Å². The summed E-state index contributed by atoms with van der Waals surface area (Å²) in [6.07, 6.45) is 2.73. The first-order valence-electron chi connectivity index (χ1n) is 5.51. The maximum atomic E-state index is 12.2. The highest BCUT2D eigenvalue weighted by Gasteiger charge is 2.20. The quantitative estimate of drug-likeness (QED) is 0.846. The number of halogens is 1. The van der Waals surface area contributed by atoms with Gasteiger partial charge in [-0.25, -0.2) is 0 Å². The second kappa shape index (κ2) is 6.30. The van der Waals surface area contributed by atoms with Crippen molar-refractivity contribution in [2.45, 2.75) is 32.9 Å². The molecule has 0 radical (unpaired) electrons. The van der Waals surface area contributed by atoms with Crippen LogP contribution in [0.25, 0.3) is 0 Å². The van der Waals surface area contributed by atoms with E-state index in [1.165, 1.54) is 0 Å². The molecule has 1 aromatic rings. The average Bonchev–Trinajstić information content (AvgIpc) is 2.24. The van der Waals surface area contributed by atoms with E-state index < -0.39 is 6.10 Å². The van der Waals surface area contributed by atoms with Crippen molar-refractivity contribution in [1.82, 2.24) is 9.88 Å². The Morgan fingerprint density at radius 1 is 1.47 bits per heavy atom. The summed E-state index contributed by atoms with van der Waals surface area (Å²) >= 11 is 2.12. The molecule has 94 valence electrons. The van der Waals surface area contributed by atoms with Gasteiger partial charge >= 0.3 is 0 Å². The van der Waals surface area contributed by atoms with Gasteiger partial charge in [-0.3, -0.25) is 9.78 Å². The van der Waals surface area contributed by atoms with E-state index in [4.69, 9.17) is 0 Å². The zero-order chi connectivity index (χ0) is 13.0. The highest BCUT2D eigenvalue weighted by atomic mass is 127. The van der Waals surface area contributed by atoms with Crippen LogP contribution >= 0.6 is 22.6 Å². The lowest BCUT2D eigenvalue weighted by Crippen LogP contribution is -2.41. The first kappa shape index (κ1) is 14.4. The van der Waals surface area contributed by atoms with Crippen molar-refractivity contribution in [2.75, 3.05) is 6.54 Å². The van der Waals surface area contributed by atoms with Crippen LogP contribution in [-0.2, 0) is 0 Å². The molecule has 0 aliphatic rings. The molecule has 5 heteroatoms. The second-order valence-corrected chi connectivity index (χ2v) is 5.54. The maximum absolute atomic E-state index is 12.2. The molecule has 0 aromatic carbocycles. The largest absolute Gasteiger partial charge is 0.392 e. The van der Waals surface area contributed by atoms with Gasteiger partial charge in [-0.2, -0.15) is 0 Å². The number of aliphatic hydroxyl groups excluding tert-OH is 1. The molecule has 0 spiro atoms. The number of carbonyl (C=O) groups excluding carboxylic acids is 1. The summed E-state index contributed by atoms with van der Waals surface area (Å²) < 4.78 is 0.925. The molecule has 0 fully saturated rings. The van der Waals surface area contributed by atoms with Crippen molar-refractivity contribution in [3.63, 3.8) is 0 Å². The summed E-state index contributed by atoms with van der Waals surface area (Å²) in [6.45, 7) is 5.88. The van der Waals surface area contributed by atoms with E-state index in [1.807, 2.05) is 13.8 Å². The third kappa shape index (κ3) is 4.23. The summed E-state index contributed by atoms with van der Waals surface area (Å²) in [5.74, 6) is -0.0908. The fourth-order valence-corrected chi connectivity index (χ4v) is 2.00. The molecule has 0 aliphatic carbocycles.